The zero-order valence-electron chi connectivity index (χ0n) is 13.3. The van der Waals surface area contributed by atoms with Gasteiger partial charge in [-0.25, -0.2) is 4.98 Å². The zero-order chi connectivity index (χ0) is 17.5. The lowest BCUT2D eigenvalue weighted by molar-refractivity contribution is -0.122. The van der Waals surface area contributed by atoms with Gasteiger partial charge >= 0.3 is 0 Å². The number of methoxy groups -OCH3 is 1. The number of guanidine groups is 1. The third-order valence-corrected chi connectivity index (χ3v) is 4.73. The van der Waals surface area contributed by atoms with Crippen LogP contribution >= 0.6 is 11.3 Å². The van der Waals surface area contributed by atoms with Gasteiger partial charge in [-0.1, -0.05) is 23.5 Å². The van der Waals surface area contributed by atoms with Crippen molar-refractivity contribution >= 4 is 28.9 Å². The number of fused-ring (bicyclic) bond motifs is 1. The second-order valence-corrected chi connectivity index (χ2v) is 6.29. The number of rotatable bonds is 3. The van der Waals surface area contributed by atoms with Crippen molar-refractivity contribution in [1.29, 1.82) is 0 Å². The Morgan fingerprint density at radius 3 is 2.92 bits per heavy atom. The number of benzene rings is 1. The molecule has 0 saturated carbocycles. The van der Waals surface area contributed by atoms with Gasteiger partial charge in [-0.3, -0.25) is 4.79 Å². The summed E-state index contributed by atoms with van der Waals surface area (Å²) >= 11 is 1.58. The highest BCUT2D eigenvalue weighted by atomic mass is 32.1. The van der Waals surface area contributed by atoms with Crippen LogP contribution in [0.1, 0.15) is 28.5 Å². The largest absolute Gasteiger partial charge is 0.497 e. The molecule has 0 spiro atoms. The summed E-state index contributed by atoms with van der Waals surface area (Å²) in [5, 5.41) is 7.55. The van der Waals surface area contributed by atoms with Gasteiger partial charge in [0.25, 0.3) is 6.47 Å². The Bertz CT molecular complexity index is 726. The Labute approximate surface area is 144 Å². The molecule has 0 fully saturated rings. The van der Waals surface area contributed by atoms with E-state index in [1.165, 1.54) is 10.4 Å². The number of nitrogens with two attached hydrogens (primary N) is 2. The third-order valence-electron chi connectivity index (χ3n) is 3.72. The Kier molecular flexibility index (Phi) is 6.14. The molecule has 24 heavy (non-hydrogen) atoms. The summed E-state index contributed by atoms with van der Waals surface area (Å²) in [6.45, 7) is -0.250. The quantitative estimate of drug-likeness (QED) is 0.443. The molecule has 1 aliphatic rings. The lowest BCUT2D eigenvalue weighted by Crippen LogP contribution is -2.21. The number of hydrogen-bond acceptors (Lipinski definition) is 5. The first kappa shape index (κ1) is 17.7. The van der Waals surface area contributed by atoms with Gasteiger partial charge in [-0.2, -0.15) is 4.99 Å². The molecule has 0 radical (unpaired) electrons. The number of carbonyl (C=O) groups is 1. The summed E-state index contributed by atoms with van der Waals surface area (Å²) < 4.78 is 5.31. The SMILES string of the molecule is COc1cccc([C@H]2CCc3nc(N=C(N)N)sc3C2)c1.O=CO. The molecule has 0 aliphatic heterocycles. The van der Waals surface area contributed by atoms with Gasteiger partial charge in [0.1, 0.15) is 5.75 Å². The van der Waals surface area contributed by atoms with Crippen LogP contribution in [0, 0.1) is 0 Å². The second kappa shape index (κ2) is 8.30. The van der Waals surface area contributed by atoms with Crippen LogP contribution in [0.2, 0.25) is 0 Å². The van der Waals surface area contributed by atoms with Crippen molar-refractivity contribution in [2.75, 3.05) is 7.11 Å². The van der Waals surface area contributed by atoms with Gasteiger partial charge in [0.15, 0.2) is 5.96 Å². The predicted molar refractivity (Wildman–Crippen MR) is 94.0 cm³/mol. The van der Waals surface area contributed by atoms with Crippen molar-refractivity contribution in [1.82, 2.24) is 4.98 Å². The van der Waals surface area contributed by atoms with E-state index in [1.807, 2.05) is 12.1 Å². The topological polar surface area (TPSA) is 124 Å². The highest BCUT2D eigenvalue weighted by molar-refractivity contribution is 7.15. The van der Waals surface area contributed by atoms with Gasteiger partial charge in [0.05, 0.1) is 12.8 Å². The average molecular weight is 348 g/mol. The summed E-state index contributed by atoms with van der Waals surface area (Å²) in [6.07, 6.45) is 3.04. The molecule has 1 aliphatic carbocycles. The van der Waals surface area contributed by atoms with Crippen LogP contribution in [-0.4, -0.2) is 29.6 Å². The molecule has 0 saturated heterocycles. The van der Waals surface area contributed by atoms with Crippen LogP contribution in [0.15, 0.2) is 29.3 Å². The predicted octanol–water partition coefficient (Wildman–Crippen LogP) is 2.03. The molecule has 2 aromatic rings. The second-order valence-electron chi connectivity index (χ2n) is 5.22. The fraction of sp³-hybridized carbons (Fsp3) is 0.312. The number of hydrogen-bond donors (Lipinski definition) is 3. The number of carboxylic acid groups (broad SMARTS) is 1. The normalized spacial score (nSPS) is 15.5. The van der Waals surface area contributed by atoms with E-state index in [2.05, 4.69) is 22.1 Å². The standard InChI is InChI=1S/C15H18N4OS.CH2O2/c1-20-11-4-2-3-9(7-11)10-5-6-12-13(8-10)21-15(18-12)19-14(16)17;2-1-3/h2-4,7,10H,5-6,8H2,1H3,(H4,16,17,18,19);1H,(H,2,3)/t10-;/m0./s1. The summed E-state index contributed by atoms with van der Waals surface area (Å²) in [5.74, 6) is 1.47. The van der Waals surface area contributed by atoms with Crippen LogP contribution < -0.4 is 16.2 Å². The molecular weight excluding hydrogens is 328 g/mol. The number of aryl methyl sites for hydroxylation is 1. The number of aliphatic imine (C=N–C) groups is 1. The Morgan fingerprint density at radius 2 is 2.25 bits per heavy atom. The Hall–Kier alpha value is -2.61. The molecule has 3 rings (SSSR count). The van der Waals surface area contributed by atoms with Crippen LogP contribution in [0.5, 0.6) is 5.75 Å². The molecule has 128 valence electrons. The van der Waals surface area contributed by atoms with Crippen LogP contribution in [0.25, 0.3) is 0 Å². The summed E-state index contributed by atoms with van der Waals surface area (Å²) in [6, 6.07) is 8.30. The Balaban J connectivity index is 0.000000647. The van der Waals surface area contributed by atoms with Gasteiger partial charge < -0.3 is 21.3 Å². The van der Waals surface area contributed by atoms with Crippen molar-refractivity contribution in [3.63, 3.8) is 0 Å². The minimum atomic E-state index is -0.250. The molecule has 7 nitrogen and oxygen atoms in total. The van der Waals surface area contributed by atoms with E-state index in [0.29, 0.717) is 11.0 Å². The van der Waals surface area contributed by atoms with Crippen molar-refractivity contribution in [2.45, 2.75) is 25.2 Å². The molecule has 8 heteroatoms. The molecule has 0 amide bonds. The Morgan fingerprint density at radius 1 is 1.50 bits per heavy atom. The van der Waals surface area contributed by atoms with Crippen molar-refractivity contribution in [3.8, 4) is 5.75 Å². The van der Waals surface area contributed by atoms with E-state index in [1.54, 1.807) is 18.4 Å². The van der Waals surface area contributed by atoms with Crippen molar-refractivity contribution in [2.24, 2.45) is 16.5 Å². The number of aromatic nitrogens is 1. The maximum atomic E-state index is 8.36. The van der Waals surface area contributed by atoms with E-state index in [-0.39, 0.29) is 12.4 Å². The maximum Gasteiger partial charge on any atom is 0.290 e. The lowest BCUT2D eigenvalue weighted by Gasteiger charge is -2.21. The summed E-state index contributed by atoms with van der Waals surface area (Å²) in [4.78, 5) is 18.2. The van der Waals surface area contributed by atoms with E-state index < -0.39 is 0 Å². The van der Waals surface area contributed by atoms with E-state index >= 15 is 0 Å². The molecular formula is C16H20N4O3S. The first-order chi connectivity index (χ1) is 11.6. The smallest absolute Gasteiger partial charge is 0.290 e. The maximum absolute atomic E-state index is 8.36. The van der Waals surface area contributed by atoms with E-state index in [4.69, 9.17) is 26.1 Å². The van der Waals surface area contributed by atoms with Crippen molar-refractivity contribution < 1.29 is 14.6 Å². The molecule has 0 unspecified atom stereocenters. The van der Waals surface area contributed by atoms with Gasteiger partial charge in [0.2, 0.25) is 5.13 Å². The highest BCUT2D eigenvalue weighted by Crippen LogP contribution is 2.38. The molecule has 1 heterocycles. The summed E-state index contributed by atoms with van der Waals surface area (Å²) in [7, 11) is 1.70. The third kappa shape index (κ3) is 4.45. The summed E-state index contributed by atoms with van der Waals surface area (Å²) in [5.41, 5.74) is 13.3. The van der Waals surface area contributed by atoms with Crippen LogP contribution in [0.4, 0.5) is 5.13 Å². The number of nitrogens with zero attached hydrogens (tertiary/aromatic N) is 2. The van der Waals surface area contributed by atoms with Gasteiger partial charge in [-0.15, -0.1) is 0 Å². The number of ether oxygens (including phenoxy) is 1. The zero-order valence-corrected chi connectivity index (χ0v) is 14.1. The first-order valence-corrected chi connectivity index (χ1v) is 8.19. The molecule has 1 aromatic heterocycles. The molecule has 5 N–H and O–H groups in total. The first-order valence-electron chi connectivity index (χ1n) is 7.37. The average Bonchev–Trinajstić information content (AvgIpc) is 2.96. The van der Waals surface area contributed by atoms with Gasteiger partial charge in [0, 0.05) is 4.88 Å². The van der Waals surface area contributed by atoms with Crippen LogP contribution in [-0.2, 0) is 17.6 Å². The van der Waals surface area contributed by atoms with Crippen molar-refractivity contribution in [3.05, 3.63) is 40.4 Å². The minimum Gasteiger partial charge on any atom is -0.497 e. The highest BCUT2D eigenvalue weighted by Gasteiger charge is 2.24. The van der Waals surface area contributed by atoms with E-state index in [0.717, 1.165) is 30.7 Å². The van der Waals surface area contributed by atoms with Gasteiger partial charge in [-0.05, 0) is 42.9 Å². The number of thiazole rings is 1. The molecule has 1 atom stereocenters. The van der Waals surface area contributed by atoms with E-state index in [9.17, 15) is 0 Å². The molecule has 1 aromatic carbocycles. The van der Waals surface area contributed by atoms with Crippen LogP contribution in [0.3, 0.4) is 0 Å². The monoisotopic (exact) mass is 348 g/mol. The lowest BCUT2D eigenvalue weighted by atomic mass is 9.85. The fourth-order valence-electron chi connectivity index (χ4n) is 2.70. The fourth-order valence-corrected chi connectivity index (χ4v) is 3.78. The minimum absolute atomic E-state index is 0.0606. The molecule has 0 bridgehead atoms.